The van der Waals surface area contributed by atoms with Gasteiger partial charge in [-0.25, -0.2) is 4.79 Å². The number of aromatic nitrogens is 1. The summed E-state index contributed by atoms with van der Waals surface area (Å²) >= 11 is 0. The fraction of sp³-hybridized carbons (Fsp3) is 0.458. The number of carbonyl (C=O) groups excluding carboxylic acids is 3. The molecule has 1 aromatic carbocycles. The van der Waals surface area contributed by atoms with E-state index >= 15 is 0 Å². The zero-order chi connectivity index (χ0) is 21.8. The van der Waals surface area contributed by atoms with Crippen molar-refractivity contribution in [3.63, 3.8) is 0 Å². The molecule has 2 aliphatic heterocycles. The molecule has 4 rings (SSSR count). The molecule has 2 aromatic rings. The van der Waals surface area contributed by atoms with Crippen LogP contribution in [0.2, 0.25) is 0 Å². The Morgan fingerprint density at radius 2 is 1.87 bits per heavy atom. The van der Waals surface area contributed by atoms with Gasteiger partial charge in [0, 0.05) is 50.9 Å². The fourth-order valence-corrected chi connectivity index (χ4v) is 4.47. The molecule has 7 heteroatoms. The van der Waals surface area contributed by atoms with Crippen molar-refractivity contribution in [1.29, 1.82) is 0 Å². The van der Waals surface area contributed by atoms with Gasteiger partial charge < -0.3 is 19.1 Å². The Bertz CT molecular complexity index is 950. The van der Waals surface area contributed by atoms with Crippen LogP contribution in [0.1, 0.15) is 59.4 Å². The first-order valence-corrected chi connectivity index (χ1v) is 11.0. The summed E-state index contributed by atoms with van der Waals surface area (Å²) in [6.45, 7) is 1.73. The number of esters is 1. The summed E-state index contributed by atoms with van der Waals surface area (Å²) in [7, 11) is 1.87. The van der Waals surface area contributed by atoms with Crippen molar-refractivity contribution in [1.82, 2.24) is 9.47 Å². The minimum absolute atomic E-state index is 0.0376. The molecule has 164 valence electrons. The Balaban J connectivity index is 1.31. The van der Waals surface area contributed by atoms with Crippen molar-refractivity contribution in [3.05, 3.63) is 53.9 Å². The third kappa shape index (κ3) is 4.65. The lowest BCUT2D eigenvalue weighted by molar-refractivity contribution is -0.117. The van der Waals surface area contributed by atoms with Crippen LogP contribution in [0, 0.1) is 0 Å². The molecule has 2 aliphatic rings. The lowest BCUT2D eigenvalue weighted by Crippen LogP contribution is -2.44. The zero-order valence-electron chi connectivity index (χ0n) is 18.0. The predicted molar refractivity (Wildman–Crippen MR) is 117 cm³/mol. The summed E-state index contributed by atoms with van der Waals surface area (Å²) in [5.41, 5.74) is 1.97. The normalized spacial score (nSPS) is 19.0. The molecule has 7 nitrogen and oxygen atoms in total. The molecule has 2 fully saturated rings. The Kier molecular flexibility index (Phi) is 6.39. The van der Waals surface area contributed by atoms with E-state index in [1.807, 2.05) is 34.8 Å². The Morgan fingerprint density at radius 3 is 2.55 bits per heavy atom. The summed E-state index contributed by atoms with van der Waals surface area (Å²) in [6, 6.07) is 10.8. The number of hydrogen-bond acceptors (Lipinski definition) is 4. The van der Waals surface area contributed by atoms with Gasteiger partial charge in [0.05, 0.1) is 12.2 Å². The van der Waals surface area contributed by atoms with Gasteiger partial charge in [-0.2, -0.15) is 0 Å². The van der Waals surface area contributed by atoms with Crippen LogP contribution < -0.4 is 4.90 Å². The van der Waals surface area contributed by atoms with Crippen molar-refractivity contribution >= 4 is 23.5 Å². The van der Waals surface area contributed by atoms with E-state index in [0.717, 1.165) is 44.5 Å². The predicted octanol–water partition coefficient (Wildman–Crippen LogP) is 3.39. The number of benzene rings is 1. The zero-order valence-corrected chi connectivity index (χ0v) is 18.0. The molecule has 3 heterocycles. The number of amides is 2. The molecule has 0 radical (unpaired) electrons. The van der Waals surface area contributed by atoms with Crippen LogP contribution in [0.4, 0.5) is 5.69 Å². The number of ether oxygens (including phenoxy) is 1. The van der Waals surface area contributed by atoms with Crippen LogP contribution in [0.15, 0.2) is 42.6 Å². The first-order valence-electron chi connectivity index (χ1n) is 11.0. The highest BCUT2D eigenvalue weighted by Gasteiger charge is 2.28. The molecule has 2 amide bonds. The topological polar surface area (TPSA) is 71.8 Å². The number of likely N-dealkylation sites (tertiary alicyclic amines) is 1. The van der Waals surface area contributed by atoms with Crippen molar-refractivity contribution in [2.75, 3.05) is 24.6 Å². The molecule has 1 atom stereocenters. The molecule has 1 unspecified atom stereocenters. The molecule has 0 spiro atoms. The molecule has 2 saturated heterocycles. The molecule has 0 bridgehead atoms. The first-order chi connectivity index (χ1) is 15.0. The molecular formula is C24H29N3O4. The van der Waals surface area contributed by atoms with E-state index in [2.05, 4.69) is 0 Å². The maximum atomic E-state index is 12.9. The van der Waals surface area contributed by atoms with Crippen LogP contribution in [0.5, 0.6) is 0 Å². The highest BCUT2D eigenvalue weighted by molar-refractivity contribution is 5.96. The van der Waals surface area contributed by atoms with Gasteiger partial charge in [-0.05, 0) is 62.1 Å². The molecule has 0 aliphatic carbocycles. The van der Waals surface area contributed by atoms with Crippen LogP contribution >= 0.6 is 0 Å². The van der Waals surface area contributed by atoms with Gasteiger partial charge in [-0.1, -0.05) is 0 Å². The summed E-state index contributed by atoms with van der Waals surface area (Å²) in [5.74, 6) is -0.219. The van der Waals surface area contributed by atoms with E-state index in [-0.39, 0.29) is 30.4 Å². The second kappa shape index (κ2) is 9.37. The van der Waals surface area contributed by atoms with Gasteiger partial charge in [0.2, 0.25) is 5.91 Å². The second-order valence-corrected chi connectivity index (χ2v) is 8.27. The number of nitrogens with zero attached hydrogens (tertiary/aromatic N) is 3. The smallest absolute Gasteiger partial charge is 0.338 e. The Hall–Kier alpha value is -3.09. The first kappa shape index (κ1) is 21.2. The van der Waals surface area contributed by atoms with Gasteiger partial charge in [-0.3, -0.25) is 9.59 Å². The SMILES string of the molecule is Cn1cccc1C(=O)N1CCCCC1CCOC(=O)c1ccc(N2CCCC2=O)cc1. The van der Waals surface area contributed by atoms with E-state index < -0.39 is 0 Å². The highest BCUT2D eigenvalue weighted by atomic mass is 16.5. The van der Waals surface area contributed by atoms with E-state index in [0.29, 0.717) is 24.1 Å². The second-order valence-electron chi connectivity index (χ2n) is 8.27. The van der Waals surface area contributed by atoms with E-state index in [4.69, 9.17) is 4.74 Å². The lowest BCUT2D eigenvalue weighted by Gasteiger charge is -2.35. The summed E-state index contributed by atoms with van der Waals surface area (Å²) in [6.07, 6.45) is 6.94. The van der Waals surface area contributed by atoms with Crippen molar-refractivity contribution < 1.29 is 19.1 Å². The van der Waals surface area contributed by atoms with Gasteiger partial charge in [0.1, 0.15) is 5.69 Å². The van der Waals surface area contributed by atoms with Gasteiger partial charge in [0.15, 0.2) is 0 Å². The number of aryl methyl sites for hydroxylation is 1. The van der Waals surface area contributed by atoms with Gasteiger partial charge in [0.25, 0.3) is 5.91 Å². The maximum absolute atomic E-state index is 12.9. The average molecular weight is 424 g/mol. The average Bonchev–Trinajstić information content (AvgIpc) is 3.41. The molecule has 31 heavy (non-hydrogen) atoms. The van der Waals surface area contributed by atoms with Crippen LogP contribution in [0.3, 0.4) is 0 Å². The molecule has 0 saturated carbocycles. The number of piperidine rings is 1. The lowest BCUT2D eigenvalue weighted by atomic mass is 9.99. The Morgan fingerprint density at radius 1 is 1.06 bits per heavy atom. The number of rotatable bonds is 6. The van der Waals surface area contributed by atoms with E-state index in [1.54, 1.807) is 29.2 Å². The number of hydrogen-bond donors (Lipinski definition) is 0. The Labute approximate surface area is 182 Å². The summed E-state index contributed by atoms with van der Waals surface area (Å²) in [5, 5.41) is 0. The summed E-state index contributed by atoms with van der Waals surface area (Å²) in [4.78, 5) is 40.9. The van der Waals surface area contributed by atoms with E-state index in [1.165, 1.54) is 0 Å². The monoisotopic (exact) mass is 423 g/mol. The summed E-state index contributed by atoms with van der Waals surface area (Å²) < 4.78 is 7.34. The quantitative estimate of drug-likeness (QED) is 0.668. The fourth-order valence-electron chi connectivity index (χ4n) is 4.47. The standard InChI is InChI=1S/C24H29N3O4/c1-25-14-4-7-21(25)23(29)27-15-3-2-6-19(27)13-17-31-24(30)18-9-11-20(12-10-18)26-16-5-8-22(26)28/h4,7,9-12,14,19H,2-3,5-6,8,13,15-17H2,1H3. The third-order valence-corrected chi connectivity index (χ3v) is 6.22. The van der Waals surface area contributed by atoms with Crippen LogP contribution in [-0.2, 0) is 16.6 Å². The van der Waals surface area contributed by atoms with Gasteiger partial charge >= 0.3 is 5.97 Å². The minimum Gasteiger partial charge on any atom is -0.462 e. The maximum Gasteiger partial charge on any atom is 0.338 e. The molecule has 1 aromatic heterocycles. The van der Waals surface area contributed by atoms with Crippen molar-refractivity contribution in [2.45, 2.75) is 44.6 Å². The largest absolute Gasteiger partial charge is 0.462 e. The van der Waals surface area contributed by atoms with Crippen molar-refractivity contribution in [2.24, 2.45) is 7.05 Å². The van der Waals surface area contributed by atoms with E-state index in [9.17, 15) is 14.4 Å². The molecule has 0 N–H and O–H groups in total. The van der Waals surface area contributed by atoms with Gasteiger partial charge in [-0.15, -0.1) is 0 Å². The number of carbonyl (C=O) groups is 3. The van der Waals surface area contributed by atoms with Crippen LogP contribution in [0.25, 0.3) is 0 Å². The molecular weight excluding hydrogens is 394 g/mol. The highest BCUT2D eigenvalue weighted by Crippen LogP contribution is 2.24. The van der Waals surface area contributed by atoms with Crippen molar-refractivity contribution in [3.8, 4) is 0 Å². The third-order valence-electron chi connectivity index (χ3n) is 6.22. The minimum atomic E-state index is -0.379. The number of anilines is 1. The van der Waals surface area contributed by atoms with Crippen LogP contribution in [-0.4, -0.2) is 53.0 Å².